The maximum Gasteiger partial charge on any atom is 0.169 e. The minimum atomic E-state index is 1.06. The Hall–Kier alpha value is -0.850. The summed E-state index contributed by atoms with van der Waals surface area (Å²) in [6.07, 6.45) is 8.12. The molecular weight excluding hydrogens is 146 g/mol. The predicted molar refractivity (Wildman–Crippen MR) is 50.9 cm³/mol. The third kappa shape index (κ3) is 2.65. The zero-order valence-corrected chi connectivity index (χ0v) is 8.09. The average Bonchev–Trinajstić information content (AvgIpc) is 2.15. The first-order valence-electron chi connectivity index (χ1n) is 4.84. The van der Waals surface area contributed by atoms with Crippen molar-refractivity contribution >= 4 is 0 Å². The second kappa shape index (κ2) is 4.91. The van der Waals surface area contributed by atoms with Gasteiger partial charge in [0, 0.05) is 12.1 Å². The number of nitrogens with zero attached hydrogens (tertiary/aromatic N) is 1. The van der Waals surface area contributed by atoms with Crippen LogP contribution in [0.3, 0.4) is 0 Å². The Bertz CT molecular complexity index is 213. The van der Waals surface area contributed by atoms with E-state index >= 15 is 0 Å². The first-order valence-corrected chi connectivity index (χ1v) is 4.84. The van der Waals surface area contributed by atoms with Crippen LogP contribution in [0.1, 0.15) is 32.3 Å². The van der Waals surface area contributed by atoms with Crippen LogP contribution >= 0.6 is 0 Å². The van der Waals surface area contributed by atoms with Crippen LogP contribution in [0.5, 0.6) is 0 Å². The lowest BCUT2D eigenvalue weighted by Crippen LogP contribution is -2.30. The quantitative estimate of drug-likeness (QED) is 0.601. The predicted octanol–water partition coefficient (Wildman–Crippen LogP) is 2.34. The summed E-state index contributed by atoms with van der Waals surface area (Å²) in [5, 5.41) is 0. The Balaban J connectivity index is 2.53. The van der Waals surface area contributed by atoms with Crippen LogP contribution in [0.15, 0.2) is 24.5 Å². The van der Waals surface area contributed by atoms with Gasteiger partial charge in [0.2, 0.25) is 0 Å². The number of rotatable bonds is 4. The van der Waals surface area contributed by atoms with E-state index < -0.39 is 0 Å². The molecule has 0 atom stereocenters. The summed E-state index contributed by atoms with van der Waals surface area (Å²) in [6.45, 7) is 5.45. The fourth-order valence-electron chi connectivity index (χ4n) is 1.25. The molecule has 1 aromatic rings. The van der Waals surface area contributed by atoms with Crippen molar-refractivity contribution in [1.29, 1.82) is 0 Å². The van der Waals surface area contributed by atoms with E-state index in [1.165, 1.54) is 24.8 Å². The summed E-state index contributed by atoms with van der Waals surface area (Å²) in [5.74, 6) is 0. The molecule has 0 aliphatic carbocycles. The van der Waals surface area contributed by atoms with Crippen molar-refractivity contribution in [2.24, 2.45) is 0 Å². The van der Waals surface area contributed by atoms with Crippen LogP contribution in [0.25, 0.3) is 0 Å². The van der Waals surface area contributed by atoms with Crippen molar-refractivity contribution in [1.82, 2.24) is 0 Å². The molecule has 0 saturated heterocycles. The van der Waals surface area contributed by atoms with Gasteiger partial charge in [0.15, 0.2) is 12.4 Å². The topological polar surface area (TPSA) is 3.88 Å². The molecule has 0 unspecified atom stereocenters. The second-order valence-electron chi connectivity index (χ2n) is 3.14. The largest absolute Gasteiger partial charge is 0.205 e. The molecule has 0 aliphatic rings. The van der Waals surface area contributed by atoms with Crippen molar-refractivity contribution in [3.05, 3.63) is 30.1 Å². The highest BCUT2D eigenvalue weighted by Crippen LogP contribution is 2.01. The monoisotopic (exact) mass is 164 g/mol. The highest BCUT2D eigenvalue weighted by Gasteiger charge is 1.96. The van der Waals surface area contributed by atoms with Crippen LogP contribution in [0.2, 0.25) is 0 Å². The van der Waals surface area contributed by atoms with Gasteiger partial charge in [-0.15, -0.1) is 0 Å². The van der Waals surface area contributed by atoms with Crippen molar-refractivity contribution in [3.63, 3.8) is 0 Å². The Morgan fingerprint density at radius 3 is 2.33 bits per heavy atom. The molecule has 12 heavy (non-hydrogen) atoms. The van der Waals surface area contributed by atoms with E-state index in [-0.39, 0.29) is 0 Å². The summed E-state index contributed by atoms with van der Waals surface area (Å²) in [7, 11) is 0. The molecule has 0 radical (unpaired) electrons. The summed E-state index contributed by atoms with van der Waals surface area (Å²) < 4.78 is 2.19. The Kier molecular flexibility index (Phi) is 3.78. The molecule has 0 aromatic carbocycles. The second-order valence-corrected chi connectivity index (χ2v) is 3.14. The molecule has 1 rings (SSSR count). The number of hydrogen-bond donors (Lipinski definition) is 0. The maximum absolute atomic E-state index is 2.23. The van der Waals surface area contributed by atoms with Gasteiger partial charge in [-0.2, -0.15) is 0 Å². The Morgan fingerprint density at radius 1 is 1.17 bits per heavy atom. The van der Waals surface area contributed by atoms with Gasteiger partial charge in [-0.25, -0.2) is 4.57 Å². The molecule has 1 heterocycles. The fourth-order valence-corrected chi connectivity index (χ4v) is 1.25. The molecule has 0 bridgehead atoms. The molecular formula is C11H18N+. The Labute approximate surface area is 75.1 Å². The van der Waals surface area contributed by atoms with Crippen LogP contribution in [0, 0.1) is 0 Å². The molecule has 0 amide bonds. The molecule has 0 aliphatic heterocycles. The normalized spacial score (nSPS) is 10.2. The van der Waals surface area contributed by atoms with Gasteiger partial charge < -0.3 is 0 Å². The van der Waals surface area contributed by atoms with E-state index in [1.807, 2.05) is 0 Å². The van der Waals surface area contributed by atoms with Gasteiger partial charge in [0.1, 0.15) is 6.54 Å². The summed E-state index contributed by atoms with van der Waals surface area (Å²) in [6, 6.07) is 4.44. The third-order valence-electron chi connectivity index (χ3n) is 2.14. The van der Waals surface area contributed by atoms with Gasteiger partial charge in [-0.1, -0.05) is 13.3 Å². The van der Waals surface area contributed by atoms with Crippen LogP contribution in [-0.2, 0) is 13.0 Å². The minimum Gasteiger partial charge on any atom is -0.205 e. The zero-order chi connectivity index (χ0) is 8.81. The number of hydrogen-bond acceptors (Lipinski definition) is 0. The molecule has 66 valence electrons. The van der Waals surface area contributed by atoms with E-state index in [1.54, 1.807) is 0 Å². The smallest absolute Gasteiger partial charge is 0.169 e. The van der Waals surface area contributed by atoms with Crippen LogP contribution in [-0.4, -0.2) is 0 Å². The lowest BCUT2D eigenvalue weighted by Gasteiger charge is -1.97. The minimum absolute atomic E-state index is 1.06. The standard InChI is InChI=1S/C11H18N/c1-3-5-6-11-7-9-12(4-2)10-8-11/h7-10H,3-6H2,1-2H3/q+1. The van der Waals surface area contributed by atoms with Gasteiger partial charge in [0.25, 0.3) is 0 Å². The van der Waals surface area contributed by atoms with E-state index in [0.29, 0.717) is 0 Å². The van der Waals surface area contributed by atoms with Gasteiger partial charge in [-0.05, 0) is 25.3 Å². The SMILES string of the molecule is CCCCc1cc[n+](CC)cc1. The number of unbranched alkanes of at least 4 members (excludes halogenated alkanes) is 1. The van der Waals surface area contributed by atoms with Gasteiger partial charge in [-0.3, -0.25) is 0 Å². The Morgan fingerprint density at radius 2 is 1.83 bits per heavy atom. The van der Waals surface area contributed by atoms with Crippen molar-refractivity contribution in [2.75, 3.05) is 0 Å². The number of aromatic nitrogens is 1. The first-order chi connectivity index (χ1) is 5.86. The zero-order valence-electron chi connectivity index (χ0n) is 8.09. The number of aryl methyl sites for hydroxylation is 2. The van der Waals surface area contributed by atoms with Crippen molar-refractivity contribution in [2.45, 2.75) is 39.7 Å². The first kappa shape index (κ1) is 9.24. The van der Waals surface area contributed by atoms with E-state index in [0.717, 1.165) is 6.54 Å². The van der Waals surface area contributed by atoms with Crippen LogP contribution < -0.4 is 4.57 Å². The highest BCUT2D eigenvalue weighted by molar-refractivity contribution is 5.06. The molecule has 1 aromatic heterocycles. The average molecular weight is 164 g/mol. The van der Waals surface area contributed by atoms with E-state index in [9.17, 15) is 0 Å². The molecule has 0 spiro atoms. The summed E-state index contributed by atoms with van der Waals surface area (Å²) in [4.78, 5) is 0. The lowest BCUT2D eigenvalue weighted by atomic mass is 10.1. The van der Waals surface area contributed by atoms with E-state index in [4.69, 9.17) is 0 Å². The van der Waals surface area contributed by atoms with Gasteiger partial charge >= 0.3 is 0 Å². The van der Waals surface area contributed by atoms with Crippen LogP contribution in [0.4, 0.5) is 0 Å². The van der Waals surface area contributed by atoms with Gasteiger partial charge in [0.05, 0.1) is 0 Å². The van der Waals surface area contributed by atoms with E-state index in [2.05, 4.69) is 42.9 Å². The molecule has 0 saturated carbocycles. The summed E-state index contributed by atoms with van der Waals surface area (Å²) in [5.41, 5.74) is 1.46. The number of pyridine rings is 1. The maximum atomic E-state index is 2.23. The molecule has 1 nitrogen and oxygen atoms in total. The molecule has 1 heteroatoms. The lowest BCUT2D eigenvalue weighted by molar-refractivity contribution is -0.693. The van der Waals surface area contributed by atoms with Crippen molar-refractivity contribution in [3.8, 4) is 0 Å². The third-order valence-corrected chi connectivity index (χ3v) is 2.14. The molecule has 0 N–H and O–H groups in total. The fraction of sp³-hybridized carbons (Fsp3) is 0.545. The molecule has 0 fully saturated rings. The highest BCUT2D eigenvalue weighted by atomic mass is 14.9. The van der Waals surface area contributed by atoms with Crippen molar-refractivity contribution < 1.29 is 4.57 Å². The summed E-state index contributed by atoms with van der Waals surface area (Å²) >= 11 is 0.